The van der Waals surface area contributed by atoms with Crippen molar-refractivity contribution in [3.63, 3.8) is 0 Å². The van der Waals surface area contributed by atoms with Crippen LogP contribution < -0.4 is 16.2 Å². The number of ether oxygens (including phenoxy) is 1. The Hall–Kier alpha value is -4.22. The molecule has 4 rings (SSSR count). The summed E-state index contributed by atoms with van der Waals surface area (Å²) in [5.41, 5.74) is 1.04. The number of benzene rings is 2. The fraction of sp³-hybridized carbons (Fsp3) is 0.200. The lowest BCUT2D eigenvalue weighted by molar-refractivity contribution is 0.102. The Morgan fingerprint density at radius 2 is 1.76 bits per heavy atom. The molecule has 0 spiro atoms. The van der Waals surface area contributed by atoms with Gasteiger partial charge in [-0.3, -0.25) is 14.4 Å². The molecule has 0 aliphatic heterocycles. The number of phenols is 1. The highest BCUT2D eigenvalue weighted by Crippen LogP contribution is 2.32. The Kier molecular flexibility index (Phi) is 10.3. The van der Waals surface area contributed by atoms with Crippen LogP contribution in [-0.2, 0) is 11.3 Å². The molecule has 10 nitrogen and oxygen atoms in total. The maximum Gasteiger partial charge on any atom is 0.259 e. The lowest BCUT2D eigenvalue weighted by atomic mass is 10.0. The Morgan fingerprint density at radius 3 is 2.45 bits per heavy atom. The van der Waals surface area contributed by atoms with Crippen LogP contribution in [-0.4, -0.2) is 65.2 Å². The molecule has 2 heterocycles. The summed E-state index contributed by atoms with van der Waals surface area (Å²) in [6, 6.07) is 15.6. The average Bonchev–Trinajstić information content (AvgIpc) is 2.98. The number of hydrogen-bond acceptors (Lipinski definition) is 7. The lowest BCUT2D eigenvalue weighted by Gasteiger charge is -2.17. The molecule has 2 aromatic carbocycles. The quantitative estimate of drug-likeness (QED) is 0.204. The zero-order valence-electron chi connectivity index (χ0n) is 22.9. The maximum absolute atomic E-state index is 13.1. The van der Waals surface area contributed by atoms with E-state index in [9.17, 15) is 19.5 Å². The van der Waals surface area contributed by atoms with Crippen LogP contribution in [0.5, 0.6) is 5.75 Å². The van der Waals surface area contributed by atoms with Gasteiger partial charge in [0, 0.05) is 61.4 Å². The minimum Gasteiger partial charge on any atom is -0.506 e. The summed E-state index contributed by atoms with van der Waals surface area (Å²) in [4.78, 5) is 45.3. The van der Waals surface area contributed by atoms with Crippen LogP contribution in [0.1, 0.15) is 20.7 Å². The van der Waals surface area contributed by atoms with Gasteiger partial charge in [0.25, 0.3) is 17.4 Å². The molecule has 3 N–H and O–H groups in total. The molecule has 218 valence electrons. The number of rotatable bonds is 11. The Bertz CT molecular complexity index is 1630. The van der Waals surface area contributed by atoms with E-state index in [2.05, 4.69) is 20.5 Å². The monoisotopic (exact) mass is 609 g/mol. The summed E-state index contributed by atoms with van der Waals surface area (Å²) in [5, 5.41) is 16.2. The van der Waals surface area contributed by atoms with E-state index >= 15 is 0 Å². The summed E-state index contributed by atoms with van der Waals surface area (Å²) >= 11 is 11.9. The minimum atomic E-state index is -0.654. The Morgan fingerprint density at radius 1 is 1.00 bits per heavy atom. The summed E-state index contributed by atoms with van der Waals surface area (Å²) in [6.45, 7) is 2.56. The van der Waals surface area contributed by atoms with Gasteiger partial charge in [-0.1, -0.05) is 35.3 Å². The van der Waals surface area contributed by atoms with Gasteiger partial charge in [-0.05, 0) is 55.1 Å². The molecule has 2 amide bonds. The highest BCUT2D eigenvalue weighted by molar-refractivity contribution is 6.32. The third kappa shape index (κ3) is 7.74. The molecule has 2 aromatic heterocycles. The number of pyridine rings is 2. The minimum absolute atomic E-state index is 0.0700. The standard InChI is InChI=1S/C30H29Cl2N5O5/c1-36(14-15-42-2)12-13-37-11-3-4-23(30(37)41)19-5-7-20(8-6-19)28(39)35-27-24(16-22(32)17-25(27)38)29(40)34-26-10-9-21(31)18-33-26/h3-11,16-18,38H,12-15H2,1-2H3,(H,35,39)(H,33,34,40). The van der Waals surface area contributed by atoms with Gasteiger partial charge in [0.1, 0.15) is 11.6 Å². The molecule has 0 fully saturated rings. The molecular weight excluding hydrogens is 581 g/mol. The Balaban J connectivity index is 1.50. The van der Waals surface area contributed by atoms with Gasteiger partial charge < -0.3 is 29.9 Å². The van der Waals surface area contributed by atoms with E-state index in [4.69, 9.17) is 27.9 Å². The van der Waals surface area contributed by atoms with Gasteiger partial charge in [-0.2, -0.15) is 0 Å². The molecule has 42 heavy (non-hydrogen) atoms. The number of aromatic hydroxyl groups is 1. The van der Waals surface area contributed by atoms with Crippen molar-refractivity contribution < 1.29 is 19.4 Å². The molecule has 0 saturated carbocycles. The van der Waals surface area contributed by atoms with E-state index in [-0.39, 0.29) is 39.0 Å². The van der Waals surface area contributed by atoms with Crippen LogP contribution >= 0.6 is 23.2 Å². The number of methoxy groups -OCH3 is 1. The van der Waals surface area contributed by atoms with Crippen molar-refractivity contribution >= 4 is 46.5 Å². The third-order valence-electron chi connectivity index (χ3n) is 6.41. The molecule has 0 unspecified atom stereocenters. The van der Waals surface area contributed by atoms with Gasteiger partial charge in [-0.25, -0.2) is 4.98 Å². The van der Waals surface area contributed by atoms with Crippen molar-refractivity contribution in [1.82, 2.24) is 14.5 Å². The highest BCUT2D eigenvalue weighted by atomic mass is 35.5. The summed E-state index contributed by atoms with van der Waals surface area (Å²) in [7, 11) is 3.62. The lowest BCUT2D eigenvalue weighted by Crippen LogP contribution is -2.30. The van der Waals surface area contributed by atoms with Gasteiger partial charge in [-0.15, -0.1) is 0 Å². The average molecular weight is 610 g/mol. The number of nitrogens with one attached hydrogen (secondary N) is 2. The van der Waals surface area contributed by atoms with Gasteiger partial charge in [0.05, 0.1) is 22.9 Å². The van der Waals surface area contributed by atoms with E-state index in [1.807, 2.05) is 13.1 Å². The summed E-state index contributed by atoms with van der Waals surface area (Å²) < 4.78 is 6.74. The van der Waals surface area contributed by atoms with Crippen LogP contribution in [0.2, 0.25) is 10.0 Å². The molecule has 0 aliphatic rings. The normalized spacial score (nSPS) is 11.0. The number of likely N-dealkylation sites (N-methyl/N-ethyl adjacent to an activating group) is 1. The molecule has 0 bridgehead atoms. The number of anilines is 2. The second-order valence-corrected chi connectivity index (χ2v) is 10.3. The fourth-order valence-corrected chi connectivity index (χ4v) is 4.42. The van der Waals surface area contributed by atoms with Crippen molar-refractivity contribution in [3.05, 3.63) is 105 Å². The van der Waals surface area contributed by atoms with Gasteiger partial charge >= 0.3 is 0 Å². The van der Waals surface area contributed by atoms with E-state index in [0.29, 0.717) is 35.8 Å². The fourth-order valence-electron chi connectivity index (χ4n) is 4.09. The summed E-state index contributed by atoms with van der Waals surface area (Å²) in [5.74, 6) is -1.41. The van der Waals surface area contributed by atoms with Crippen LogP contribution in [0.15, 0.2) is 77.9 Å². The van der Waals surface area contributed by atoms with Gasteiger partial charge in [0.2, 0.25) is 0 Å². The van der Waals surface area contributed by atoms with E-state index in [0.717, 1.165) is 6.54 Å². The first-order chi connectivity index (χ1) is 20.2. The molecule has 0 atom stereocenters. The SMILES string of the molecule is COCCN(C)CCn1cccc(-c2ccc(C(=O)Nc3c(O)cc(Cl)cc3C(=O)Nc3ccc(Cl)cn3)cc2)c1=O. The molecular formula is C30H29Cl2N5O5. The molecule has 0 radical (unpaired) electrons. The third-order valence-corrected chi connectivity index (χ3v) is 6.85. The van der Waals surface area contributed by atoms with Crippen molar-refractivity contribution in [2.45, 2.75) is 6.54 Å². The second kappa shape index (κ2) is 14.1. The number of carbonyl (C=O) groups excluding carboxylic acids is 2. The topological polar surface area (TPSA) is 126 Å². The molecule has 0 aliphatic carbocycles. The van der Waals surface area contributed by atoms with Crippen molar-refractivity contribution in [2.24, 2.45) is 0 Å². The number of nitrogens with zero attached hydrogens (tertiary/aromatic N) is 3. The zero-order valence-corrected chi connectivity index (χ0v) is 24.4. The predicted molar refractivity (Wildman–Crippen MR) is 164 cm³/mol. The first-order valence-electron chi connectivity index (χ1n) is 12.9. The summed E-state index contributed by atoms with van der Waals surface area (Å²) in [6.07, 6.45) is 3.11. The van der Waals surface area contributed by atoms with Crippen LogP contribution in [0.3, 0.4) is 0 Å². The number of phenolic OH excluding ortho intramolecular Hbond substituents is 1. The molecule has 4 aromatic rings. The predicted octanol–water partition coefficient (Wildman–Crippen LogP) is 5.01. The van der Waals surface area contributed by atoms with Crippen LogP contribution in [0.4, 0.5) is 11.5 Å². The van der Waals surface area contributed by atoms with Crippen molar-refractivity contribution in [1.29, 1.82) is 0 Å². The Labute approximate surface area is 252 Å². The first-order valence-corrected chi connectivity index (χ1v) is 13.7. The number of aromatic nitrogens is 2. The number of halogens is 2. The highest BCUT2D eigenvalue weighted by Gasteiger charge is 2.20. The maximum atomic E-state index is 13.1. The van der Waals surface area contributed by atoms with E-state index in [1.165, 1.54) is 24.4 Å². The second-order valence-electron chi connectivity index (χ2n) is 9.41. The van der Waals surface area contributed by atoms with Crippen LogP contribution in [0, 0.1) is 0 Å². The van der Waals surface area contributed by atoms with Crippen molar-refractivity contribution in [3.8, 4) is 16.9 Å². The van der Waals surface area contributed by atoms with E-state index < -0.39 is 11.8 Å². The largest absolute Gasteiger partial charge is 0.506 e. The van der Waals surface area contributed by atoms with Gasteiger partial charge in [0.15, 0.2) is 0 Å². The first kappa shape index (κ1) is 30.7. The number of hydrogen-bond donors (Lipinski definition) is 3. The molecule has 12 heteroatoms. The van der Waals surface area contributed by atoms with E-state index in [1.54, 1.807) is 54.3 Å². The molecule has 0 saturated heterocycles. The van der Waals surface area contributed by atoms with Crippen LogP contribution in [0.25, 0.3) is 11.1 Å². The smallest absolute Gasteiger partial charge is 0.259 e. The van der Waals surface area contributed by atoms with Crippen molar-refractivity contribution in [2.75, 3.05) is 44.5 Å². The zero-order chi connectivity index (χ0) is 30.2. The number of amides is 2. The number of carbonyl (C=O) groups is 2.